The number of hydrogen-bond acceptors (Lipinski definition) is 2. The Bertz CT molecular complexity index is 673. The van der Waals surface area contributed by atoms with Gasteiger partial charge in [0.1, 0.15) is 5.82 Å². The number of amides is 1. The average molecular weight is 400 g/mol. The van der Waals surface area contributed by atoms with Crippen LogP contribution in [0.2, 0.25) is 0 Å². The van der Waals surface area contributed by atoms with E-state index in [1.807, 2.05) is 13.8 Å². The highest BCUT2D eigenvalue weighted by atomic mass is 79.9. The van der Waals surface area contributed by atoms with Crippen molar-refractivity contribution >= 4 is 39.2 Å². The van der Waals surface area contributed by atoms with Crippen LogP contribution in [-0.4, -0.2) is 29.0 Å². The molecule has 0 fully saturated rings. The van der Waals surface area contributed by atoms with Gasteiger partial charge in [-0.25, -0.2) is 4.39 Å². The molecule has 1 amide bonds. The highest BCUT2D eigenvalue weighted by molar-refractivity contribution is 9.10. The summed E-state index contributed by atoms with van der Waals surface area (Å²) in [6, 6.07) is 4.19. The number of nitrogens with zero attached hydrogens (tertiary/aromatic N) is 1. The Morgan fingerprint density at radius 3 is 2.61 bits per heavy atom. The first-order valence-corrected chi connectivity index (χ1v) is 8.61. The van der Waals surface area contributed by atoms with E-state index in [1.54, 1.807) is 24.0 Å². The number of rotatable bonds is 4. The zero-order chi connectivity index (χ0) is 17.1. The number of thiocarbonyl (C=S) groups is 1. The number of halogens is 2. The minimum Gasteiger partial charge on any atom is -0.351 e. The summed E-state index contributed by atoms with van der Waals surface area (Å²) in [4.78, 5) is 14.6. The predicted octanol–water partition coefficient (Wildman–Crippen LogP) is 3.25. The highest BCUT2D eigenvalue weighted by Gasteiger charge is 2.33. The number of nitrogens with one attached hydrogen (secondary N) is 2. The van der Waals surface area contributed by atoms with Gasteiger partial charge in [-0.15, -0.1) is 0 Å². The summed E-state index contributed by atoms with van der Waals surface area (Å²) >= 11 is 8.43. The van der Waals surface area contributed by atoms with E-state index in [0.29, 0.717) is 39.5 Å². The Morgan fingerprint density at radius 2 is 2.04 bits per heavy atom. The van der Waals surface area contributed by atoms with Gasteiger partial charge in [-0.3, -0.25) is 4.79 Å². The number of likely N-dealkylation sites (N-methyl/N-ethyl adjacent to an activating group) is 1. The Hall–Kier alpha value is -1.47. The van der Waals surface area contributed by atoms with E-state index in [2.05, 4.69) is 26.6 Å². The van der Waals surface area contributed by atoms with Crippen LogP contribution in [-0.2, 0) is 4.79 Å². The lowest BCUT2D eigenvalue weighted by atomic mass is 9.94. The molecule has 0 spiro atoms. The smallest absolute Gasteiger partial charge is 0.253 e. The van der Waals surface area contributed by atoms with E-state index in [1.165, 1.54) is 6.07 Å². The summed E-state index contributed by atoms with van der Waals surface area (Å²) in [7, 11) is 0. The molecule has 1 aliphatic rings. The first kappa shape index (κ1) is 17.9. The third kappa shape index (κ3) is 3.72. The molecule has 1 atom stereocenters. The Labute approximate surface area is 149 Å². The van der Waals surface area contributed by atoms with Crippen molar-refractivity contribution in [3.8, 4) is 0 Å². The minimum atomic E-state index is -0.607. The van der Waals surface area contributed by atoms with Gasteiger partial charge < -0.3 is 15.5 Å². The summed E-state index contributed by atoms with van der Waals surface area (Å²) in [5, 5.41) is 6.36. The third-order valence-electron chi connectivity index (χ3n) is 3.82. The zero-order valence-corrected chi connectivity index (χ0v) is 15.6. The molecule has 23 heavy (non-hydrogen) atoms. The van der Waals surface area contributed by atoms with Crippen LogP contribution in [0.5, 0.6) is 0 Å². The largest absolute Gasteiger partial charge is 0.351 e. The van der Waals surface area contributed by atoms with E-state index in [9.17, 15) is 9.18 Å². The zero-order valence-electron chi connectivity index (χ0n) is 13.2. The maximum Gasteiger partial charge on any atom is 0.253 e. The van der Waals surface area contributed by atoms with Crippen molar-refractivity contribution in [3.05, 3.63) is 45.3 Å². The van der Waals surface area contributed by atoms with Crippen LogP contribution in [0.15, 0.2) is 33.9 Å². The monoisotopic (exact) mass is 399 g/mol. The average Bonchev–Trinajstić information content (AvgIpc) is 2.47. The fourth-order valence-corrected chi connectivity index (χ4v) is 3.23. The molecule has 0 saturated carbocycles. The van der Waals surface area contributed by atoms with E-state index in [-0.39, 0.29) is 11.7 Å². The summed E-state index contributed by atoms with van der Waals surface area (Å²) in [5.41, 5.74) is 1.54. The molecule has 0 aromatic heterocycles. The second-order valence-electron chi connectivity index (χ2n) is 5.21. The molecule has 0 unspecified atom stereocenters. The molecule has 124 valence electrons. The summed E-state index contributed by atoms with van der Waals surface area (Å²) in [5.74, 6) is -0.512. The normalized spacial score (nSPS) is 17.6. The second-order valence-corrected chi connectivity index (χ2v) is 6.54. The molecule has 1 aromatic rings. The van der Waals surface area contributed by atoms with Crippen LogP contribution in [0.3, 0.4) is 0 Å². The van der Waals surface area contributed by atoms with Crippen LogP contribution in [0.1, 0.15) is 32.4 Å². The fourth-order valence-electron chi connectivity index (χ4n) is 2.63. The lowest BCUT2D eigenvalue weighted by Gasteiger charge is -2.33. The molecule has 0 aliphatic carbocycles. The fraction of sp³-hybridized carbons (Fsp3) is 0.375. The van der Waals surface area contributed by atoms with Crippen LogP contribution >= 0.6 is 28.1 Å². The van der Waals surface area contributed by atoms with Gasteiger partial charge >= 0.3 is 0 Å². The minimum absolute atomic E-state index is 0.123. The topological polar surface area (TPSA) is 44.4 Å². The second kappa shape index (κ2) is 7.40. The van der Waals surface area contributed by atoms with Crippen molar-refractivity contribution in [2.45, 2.75) is 26.8 Å². The molecule has 0 saturated heterocycles. The standard InChI is InChI=1S/C16H19BrFN3OS/c1-4-21(5-2)15(22)13-9(3)19-16(23)20-14(13)11-7-6-10(17)8-12(11)18/h6-8,14H,4-5H2,1-3H3,(H2,19,20,23)/t14-/m0/s1. The SMILES string of the molecule is CCN(CC)C(=O)C1=C(C)NC(=S)N[C@H]1c1ccc(Br)cc1F. The van der Waals surface area contributed by atoms with E-state index in [0.717, 1.165) is 0 Å². The van der Waals surface area contributed by atoms with Gasteiger partial charge in [0.2, 0.25) is 0 Å². The van der Waals surface area contributed by atoms with E-state index < -0.39 is 6.04 Å². The molecule has 0 bridgehead atoms. The third-order valence-corrected chi connectivity index (χ3v) is 4.54. The first-order chi connectivity index (χ1) is 10.9. The van der Waals surface area contributed by atoms with Crippen LogP contribution in [0.25, 0.3) is 0 Å². The summed E-state index contributed by atoms with van der Waals surface area (Å²) in [6.45, 7) is 6.80. The van der Waals surface area contributed by atoms with Gasteiger partial charge in [0.05, 0.1) is 11.6 Å². The Balaban J connectivity index is 2.52. The summed E-state index contributed by atoms with van der Waals surface area (Å²) < 4.78 is 15.1. The molecule has 1 heterocycles. The lowest BCUT2D eigenvalue weighted by molar-refractivity contribution is -0.127. The molecule has 0 radical (unpaired) electrons. The van der Waals surface area contributed by atoms with Gasteiger partial charge in [0.25, 0.3) is 5.91 Å². The van der Waals surface area contributed by atoms with Crippen molar-refractivity contribution < 1.29 is 9.18 Å². The predicted molar refractivity (Wildman–Crippen MR) is 96.3 cm³/mol. The van der Waals surface area contributed by atoms with Crippen LogP contribution < -0.4 is 10.6 Å². The maximum absolute atomic E-state index is 14.4. The molecule has 2 rings (SSSR count). The van der Waals surface area contributed by atoms with Gasteiger partial charge in [0, 0.05) is 28.8 Å². The summed E-state index contributed by atoms with van der Waals surface area (Å²) in [6.07, 6.45) is 0. The van der Waals surface area contributed by atoms with Gasteiger partial charge in [-0.2, -0.15) is 0 Å². The Kier molecular flexibility index (Phi) is 5.75. The van der Waals surface area contributed by atoms with Crippen molar-refractivity contribution in [1.82, 2.24) is 15.5 Å². The highest BCUT2D eigenvalue weighted by Crippen LogP contribution is 2.31. The van der Waals surface area contributed by atoms with Gasteiger partial charge in [-0.05, 0) is 45.1 Å². The quantitative estimate of drug-likeness (QED) is 0.762. The number of allylic oxidation sites excluding steroid dienone is 1. The van der Waals surface area contributed by atoms with Gasteiger partial charge in [-0.1, -0.05) is 22.0 Å². The molecular formula is C16H19BrFN3OS. The van der Waals surface area contributed by atoms with E-state index >= 15 is 0 Å². The molecule has 2 N–H and O–H groups in total. The van der Waals surface area contributed by atoms with Crippen molar-refractivity contribution in [2.24, 2.45) is 0 Å². The molecule has 7 heteroatoms. The van der Waals surface area contributed by atoms with E-state index in [4.69, 9.17) is 12.2 Å². The molecule has 4 nitrogen and oxygen atoms in total. The van der Waals surface area contributed by atoms with Crippen LogP contribution in [0, 0.1) is 5.82 Å². The molecule has 1 aliphatic heterocycles. The maximum atomic E-state index is 14.4. The van der Waals surface area contributed by atoms with Crippen molar-refractivity contribution in [1.29, 1.82) is 0 Å². The number of benzene rings is 1. The van der Waals surface area contributed by atoms with Crippen molar-refractivity contribution in [3.63, 3.8) is 0 Å². The lowest BCUT2D eigenvalue weighted by Crippen LogP contribution is -2.47. The number of carbonyl (C=O) groups excluding carboxylic acids is 1. The number of carbonyl (C=O) groups is 1. The van der Waals surface area contributed by atoms with Crippen LogP contribution in [0.4, 0.5) is 4.39 Å². The number of hydrogen-bond donors (Lipinski definition) is 2. The first-order valence-electron chi connectivity index (χ1n) is 7.41. The molecule has 1 aromatic carbocycles. The van der Waals surface area contributed by atoms with Crippen molar-refractivity contribution in [2.75, 3.05) is 13.1 Å². The van der Waals surface area contributed by atoms with Gasteiger partial charge in [0.15, 0.2) is 5.11 Å². The Morgan fingerprint density at radius 1 is 1.39 bits per heavy atom. The molecular weight excluding hydrogens is 381 g/mol.